The van der Waals surface area contributed by atoms with Gasteiger partial charge in [0.2, 0.25) is 0 Å². The number of hydrogen-bond acceptors (Lipinski definition) is 2. The van der Waals surface area contributed by atoms with Crippen molar-refractivity contribution >= 4 is 5.97 Å². The Morgan fingerprint density at radius 1 is 1.50 bits per heavy atom. The molecule has 69 valence electrons. The highest BCUT2D eigenvalue weighted by Gasteiger charge is 2.27. The fourth-order valence-corrected chi connectivity index (χ4v) is 0.989. The van der Waals surface area contributed by atoms with Crippen LogP contribution in [-0.2, 0) is 9.53 Å². The molecule has 1 rings (SSSR count). The lowest BCUT2D eigenvalue weighted by Gasteiger charge is -2.19. The highest BCUT2D eigenvalue weighted by atomic mass is 16.6. The Bertz CT molecular complexity index is 166. The number of carbonyl (C=O) groups is 1. The second-order valence-electron chi connectivity index (χ2n) is 4.16. The zero-order valence-corrected chi connectivity index (χ0v) is 7.96. The van der Waals surface area contributed by atoms with Crippen molar-refractivity contribution in [3.8, 4) is 0 Å². The molecule has 3 nitrogen and oxygen atoms in total. The van der Waals surface area contributed by atoms with Crippen LogP contribution < -0.4 is 5.32 Å². The highest BCUT2D eigenvalue weighted by molar-refractivity contribution is 5.75. The third-order valence-corrected chi connectivity index (χ3v) is 1.80. The molecule has 1 aliphatic heterocycles. The molecule has 0 amide bonds. The molecular formula is C9H16NO2. The van der Waals surface area contributed by atoms with Gasteiger partial charge < -0.3 is 4.74 Å². The first-order valence-corrected chi connectivity index (χ1v) is 4.38. The molecule has 1 saturated heterocycles. The van der Waals surface area contributed by atoms with Crippen LogP contribution in [0.5, 0.6) is 0 Å². The van der Waals surface area contributed by atoms with Crippen LogP contribution in [0.25, 0.3) is 0 Å². The summed E-state index contributed by atoms with van der Waals surface area (Å²) in [5.74, 6) is -0.154. The Morgan fingerprint density at radius 3 is 2.58 bits per heavy atom. The van der Waals surface area contributed by atoms with Gasteiger partial charge in [-0.1, -0.05) is 0 Å². The van der Waals surface area contributed by atoms with Gasteiger partial charge in [0.25, 0.3) is 0 Å². The van der Waals surface area contributed by atoms with E-state index in [1.807, 2.05) is 20.8 Å². The maximum absolute atomic E-state index is 11.3. The molecule has 3 heteroatoms. The first-order valence-electron chi connectivity index (χ1n) is 4.38. The maximum atomic E-state index is 11.3. The SMILES string of the molecule is CC(C)(C)C(=O)OC1CCC[N]1. The van der Waals surface area contributed by atoms with E-state index in [1.165, 1.54) is 0 Å². The summed E-state index contributed by atoms with van der Waals surface area (Å²) in [6.07, 6.45) is 1.76. The molecule has 1 radical (unpaired) electrons. The van der Waals surface area contributed by atoms with Gasteiger partial charge in [-0.3, -0.25) is 4.79 Å². The molecule has 1 aliphatic rings. The van der Waals surface area contributed by atoms with Gasteiger partial charge in [0.15, 0.2) is 6.23 Å². The lowest BCUT2D eigenvalue weighted by Crippen LogP contribution is -2.30. The molecule has 0 N–H and O–H groups in total. The lowest BCUT2D eigenvalue weighted by atomic mass is 9.97. The number of carbonyl (C=O) groups excluding carboxylic acids is 1. The molecule has 0 aromatic heterocycles. The molecule has 0 aromatic rings. The quantitative estimate of drug-likeness (QED) is 0.556. The van der Waals surface area contributed by atoms with Crippen LogP contribution in [0.3, 0.4) is 0 Å². The maximum Gasteiger partial charge on any atom is 0.312 e. The van der Waals surface area contributed by atoms with Crippen LogP contribution in [0, 0.1) is 5.41 Å². The largest absolute Gasteiger partial charge is 0.445 e. The summed E-state index contributed by atoms with van der Waals surface area (Å²) in [5, 5.41) is 4.15. The van der Waals surface area contributed by atoms with E-state index in [9.17, 15) is 4.79 Å². The van der Waals surface area contributed by atoms with Crippen LogP contribution in [0.15, 0.2) is 0 Å². The van der Waals surface area contributed by atoms with Crippen LogP contribution in [-0.4, -0.2) is 18.7 Å². The normalized spacial score (nSPS) is 24.1. The van der Waals surface area contributed by atoms with E-state index >= 15 is 0 Å². The topological polar surface area (TPSA) is 40.4 Å². The van der Waals surface area contributed by atoms with Crippen molar-refractivity contribution in [1.82, 2.24) is 5.32 Å². The smallest absolute Gasteiger partial charge is 0.312 e. The Kier molecular flexibility index (Phi) is 2.73. The van der Waals surface area contributed by atoms with Crippen molar-refractivity contribution in [2.75, 3.05) is 6.54 Å². The van der Waals surface area contributed by atoms with Gasteiger partial charge in [-0.15, -0.1) is 0 Å². The van der Waals surface area contributed by atoms with Crippen molar-refractivity contribution in [2.45, 2.75) is 39.8 Å². The van der Waals surface area contributed by atoms with Crippen molar-refractivity contribution in [3.05, 3.63) is 0 Å². The Morgan fingerprint density at radius 2 is 2.17 bits per heavy atom. The minimum atomic E-state index is -0.405. The van der Waals surface area contributed by atoms with E-state index in [0.29, 0.717) is 0 Å². The van der Waals surface area contributed by atoms with Gasteiger partial charge >= 0.3 is 5.97 Å². The Balaban J connectivity index is 2.35. The van der Waals surface area contributed by atoms with Crippen LogP contribution in [0.1, 0.15) is 33.6 Å². The molecule has 0 aromatic carbocycles. The summed E-state index contributed by atoms with van der Waals surface area (Å²) in [5.41, 5.74) is -0.405. The highest BCUT2D eigenvalue weighted by Crippen LogP contribution is 2.18. The number of esters is 1. The van der Waals surface area contributed by atoms with Gasteiger partial charge in [0.1, 0.15) is 0 Å². The summed E-state index contributed by atoms with van der Waals surface area (Å²) < 4.78 is 5.17. The fraction of sp³-hybridized carbons (Fsp3) is 0.889. The molecule has 0 spiro atoms. The zero-order valence-electron chi connectivity index (χ0n) is 7.96. The first kappa shape index (κ1) is 9.52. The van der Waals surface area contributed by atoms with Crippen molar-refractivity contribution in [3.63, 3.8) is 0 Å². The molecular weight excluding hydrogens is 154 g/mol. The van der Waals surface area contributed by atoms with Crippen molar-refractivity contribution < 1.29 is 9.53 Å². The molecule has 1 atom stereocenters. The van der Waals surface area contributed by atoms with Crippen molar-refractivity contribution in [1.29, 1.82) is 0 Å². The third kappa shape index (κ3) is 2.48. The predicted molar refractivity (Wildman–Crippen MR) is 45.6 cm³/mol. The Labute approximate surface area is 73.5 Å². The molecule has 0 aliphatic carbocycles. The summed E-state index contributed by atoms with van der Waals surface area (Å²) in [4.78, 5) is 11.3. The fourth-order valence-electron chi connectivity index (χ4n) is 0.989. The van der Waals surface area contributed by atoms with E-state index in [-0.39, 0.29) is 12.2 Å². The molecule has 0 saturated carbocycles. The number of nitrogens with zero attached hydrogens (tertiary/aromatic N) is 1. The molecule has 1 heterocycles. The minimum absolute atomic E-state index is 0.154. The second-order valence-corrected chi connectivity index (χ2v) is 4.16. The second kappa shape index (κ2) is 3.44. The molecule has 12 heavy (non-hydrogen) atoms. The predicted octanol–water partition coefficient (Wildman–Crippen LogP) is 1.30. The summed E-state index contributed by atoms with van der Waals surface area (Å²) >= 11 is 0. The van der Waals surface area contributed by atoms with E-state index < -0.39 is 5.41 Å². The van der Waals surface area contributed by atoms with Gasteiger partial charge in [-0.05, 0) is 27.2 Å². The van der Waals surface area contributed by atoms with E-state index in [0.717, 1.165) is 19.4 Å². The van der Waals surface area contributed by atoms with Crippen molar-refractivity contribution in [2.24, 2.45) is 5.41 Å². The molecule has 1 unspecified atom stereocenters. The number of rotatable bonds is 1. The lowest BCUT2D eigenvalue weighted by molar-refractivity contribution is -0.159. The van der Waals surface area contributed by atoms with Crippen LogP contribution in [0.4, 0.5) is 0 Å². The van der Waals surface area contributed by atoms with E-state index in [4.69, 9.17) is 4.74 Å². The molecule has 0 bridgehead atoms. The minimum Gasteiger partial charge on any atom is -0.445 e. The van der Waals surface area contributed by atoms with E-state index in [1.54, 1.807) is 0 Å². The van der Waals surface area contributed by atoms with Crippen LogP contribution >= 0.6 is 0 Å². The van der Waals surface area contributed by atoms with Gasteiger partial charge in [0.05, 0.1) is 5.41 Å². The first-order chi connectivity index (χ1) is 5.50. The van der Waals surface area contributed by atoms with Gasteiger partial charge in [-0.25, -0.2) is 5.32 Å². The average Bonchev–Trinajstić information content (AvgIpc) is 2.37. The zero-order chi connectivity index (χ0) is 9.19. The van der Waals surface area contributed by atoms with Gasteiger partial charge in [-0.2, -0.15) is 0 Å². The summed E-state index contributed by atoms with van der Waals surface area (Å²) in [6.45, 7) is 6.39. The monoisotopic (exact) mass is 170 g/mol. The Hall–Kier alpha value is -0.570. The molecule has 1 fully saturated rings. The average molecular weight is 170 g/mol. The van der Waals surface area contributed by atoms with Crippen LogP contribution in [0.2, 0.25) is 0 Å². The van der Waals surface area contributed by atoms with E-state index in [2.05, 4.69) is 5.32 Å². The summed E-state index contributed by atoms with van der Waals surface area (Å²) in [6, 6.07) is 0. The third-order valence-electron chi connectivity index (χ3n) is 1.80. The summed E-state index contributed by atoms with van der Waals surface area (Å²) in [7, 11) is 0. The number of ether oxygens (including phenoxy) is 1. The standard InChI is InChI=1S/C9H16NO2/c1-9(2,3)8(11)12-7-5-4-6-10-7/h7H,4-6H2,1-3H3. The number of hydrogen-bond donors (Lipinski definition) is 0. The van der Waals surface area contributed by atoms with Gasteiger partial charge in [0, 0.05) is 13.0 Å².